The summed E-state index contributed by atoms with van der Waals surface area (Å²) in [5.74, 6) is -1.77. The topological polar surface area (TPSA) is 96.1 Å². The molecule has 0 fully saturated rings. The summed E-state index contributed by atoms with van der Waals surface area (Å²) in [6, 6.07) is 0.715. The van der Waals surface area contributed by atoms with Gasteiger partial charge in [-0.25, -0.2) is 4.39 Å². The largest absolute Gasteiger partial charge is 0.614 e. The monoisotopic (exact) mass is 173 g/mol. The fraction of sp³-hybridized carbons (Fsp3) is 0. The summed E-state index contributed by atoms with van der Waals surface area (Å²) >= 11 is 0. The predicted octanol–water partition coefficient (Wildman–Crippen LogP) is -0.0505. The van der Waals surface area contributed by atoms with Crippen molar-refractivity contribution in [1.29, 1.82) is 0 Å². The lowest BCUT2D eigenvalue weighted by Crippen LogP contribution is -2.31. The Morgan fingerprint density at radius 3 is 2.67 bits per heavy atom. The maximum atomic E-state index is 12.3. The predicted molar refractivity (Wildman–Crippen MR) is 36.4 cm³/mol. The molecule has 0 bridgehead atoms. The summed E-state index contributed by atoms with van der Waals surface area (Å²) in [5, 5.41) is 20.8. The van der Waals surface area contributed by atoms with Gasteiger partial charge in [-0.15, -0.1) is 4.73 Å². The van der Waals surface area contributed by atoms with Crippen LogP contribution in [0.5, 0.6) is 0 Å². The van der Waals surface area contributed by atoms with E-state index in [0.717, 1.165) is 0 Å². The molecule has 12 heavy (non-hydrogen) atoms. The Hall–Kier alpha value is -1.92. The fourth-order valence-electron chi connectivity index (χ4n) is 0.737. The molecule has 64 valence electrons. The van der Waals surface area contributed by atoms with Crippen molar-refractivity contribution < 1.29 is 14.0 Å². The van der Waals surface area contributed by atoms with E-state index in [1.54, 1.807) is 0 Å². The molecule has 0 saturated heterocycles. The highest BCUT2D eigenvalue weighted by molar-refractivity contribution is 5.49. The molecule has 0 unspecified atom stereocenters. The van der Waals surface area contributed by atoms with Crippen LogP contribution in [0.25, 0.3) is 0 Å². The molecule has 0 aromatic carbocycles. The molecule has 0 aliphatic carbocycles. The molecule has 0 saturated carbocycles. The van der Waals surface area contributed by atoms with Crippen molar-refractivity contribution in [3.05, 3.63) is 33.4 Å². The van der Waals surface area contributed by atoms with Crippen LogP contribution in [0.15, 0.2) is 12.3 Å². The first kappa shape index (κ1) is 8.18. The second-order valence-corrected chi connectivity index (χ2v) is 2.02. The molecule has 0 radical (unpaired) electrons. The quantitative estimate of drug-likeness (QED) is 0.278. The molecule has 1 rings (SSSR count). The summed E-state index contributed by atoms with van der Waals surface area (Å²) in [6.45, 7) is 0. The number of halogens is 1. The summed E-state index contributed by atoms with van der Waals surface area (Å²) in [5.41, 5.74) is 4.53. The van der Waals surface area contributed by atoms with Gasteiger partial charge in [0.05, 0.1) is 0 Å². The molecular weight excluding hydrogens is 169 g/mol. The number of anilines is 1. The van der Waals surface area contributed by atoms with E-state index in [1.165, 1.54) is 0 Å². The summed E-state index contributed by atoms with van der Waals surface area (Å²) in [6.07, 6.45) is 0.439. The van der Waals surface area contributed by atoms with E-state index in [1.807, 2.05) is 0 Å². The highest BCUT2D eigenvalue weighted by atomic mass is 19.1. The van der Waals surface area contributed by atoms with Crippen molar-refractivity contribution in [3.8, 4) is 0 Å². The highest BCUT2D eigenvalue weighted by Crippen LogP contribution is 2.15. The molecule has 7 heteroatoms. The minimum atomic E-state index is -0.970. The third kappa shape index (κ3) is 1.24. The number of hydrogen-bond donors (Lipinski definition) is 1. The summed E-state index contributed by atoms with van der Waals surface area (Å²) in [4.78, 5) is 9.17. The van der Waals surface area contributed by atoms with E-state index >= 15 is 0 Å². The first-order valence-electron chi connectivity index (χ1n) is 2.85. The maximum absolute atomic E-state index is 12.3. The molecule has 1 heterocycles. The van der Waals surface area contributed by atoms with E-state index < -0.39 is 22.2 Å². The summed E-state index contributed by atoms with van der Waals surface area (Å²) < 4.78 is 12.1. The SMILES string of the molecule is Nc1cc(F)c[n+]([O-])c1[N+](=O)[O-]. The molecule has 1 aromatic rings. The number of hydrogen-bond acceptors (Lipinski definition) is 4. The van der Waals surface area contributed by atoms with Crippen molar-refractivity contribution in [3.63, 3.8) is 0 Å². The molecule has 0 aliphatic rings. The van der Waals surface area contributed by atoms with Gasteiger partial charge < -0.3 is 10.9 Å². The molecule has 0 amide bonds. The van der Waals surface area contributed by atoms with Crippen molar-refractivity contribution in [2.24, 2.45) is 0 Å². The van der Waals surface area contributed by atoms with Crippen molar-refractivity contribution in [2.75, 3.05) is 5.73 Å². The number of nitrogens with zero attached hydrogens (tertiary/aromatic N) is 2. The molecule has 6 nitrogen and oxygen atoms in total. The molecule has 2 N–H and O–H groups in total. The molecule has 0 atom stereocenters. The van der Waals surface area contributed by atoms with Gasteiger partial charge >= 0.3 is 5.82 Å². The number of nitrogens with two attached hydrogens (primary N) is 1. The van der Waals surface area contributed by atoms with Crippen LogP contribution in [0.3, 0.4) is 0 Å². The Morgan fingerprint density at radius 1 is 1.67 bits per heavy atom. The number of nitro groups is 1. The van der Waals surface area contributed by atoms with Crippen LogP contribution in [0, 0.1) is 21.1 Å². The second-order valence-electron chi connectivity index (χ2n) is 2.02. The van der Waals surface area contributed by atoms with E-state index in [0.29, 0.717) is 12.3 Å². The van der Waals surface area contributed by atoms with Crippen LogP contribution >= 0.6 is 0 Å². The Morgan fingerprint density at radius 2 is 2.25 bits per heavy atom. The average Bonchev–Trinajstić information content (AvgIpc) is 1.82. The number of pyridine rings is 1. The van der Waals surface area contributed by atoms with E-state index in [4.69, 9.17) is 5.73 Å². The third-order valence-corrected chi connectivity index (χ3v) is 1.17. The zero-order valence-corrected chi connectivity index (χ0v) is 5.73. The van der Waals surface area contributed by atoms with Crippen LogP contribution < -0.4 is 10.5 Å². The van der Waals surface area contributed by atoms with Crippen LogP contribution in [0.1, 0.15) is 0 Å². The van der Waals surface area contributed by atoms with Crippen molar-refractivity contribution in [1.82, 2.24) is 0 Å². The van der Waals surface area contributed by atoms with Gasteiger partial charge in [-0.05, 0) is 0 Å². The van der Waals surface area contributed by atoms with Crippen LogP contribution in [0.2, 0.25) is 0 Å². The minimum absolute atomic E-state index is 0.218. The molecular formula is C5H4FN3O3. The Balaban J connectivity index is 3.38. The van der Waals surface area contributed by atoms with Gasteiger partial charge in [0.2, 0.25) is 6.20 Å². The molecule has 0 spiro atoms. The average molecular weight is 173 g/mol. The van der Waals surface area contributed by atoms with Crippen LogP contribution in [0.4, 0.5) is 15.9 Å². The van der Waals surface area contributed by atoms with Crippen LogP contribution in [-0.2, 0) is 0 Å². The van der Waals surface area contributed by atoms with Gasteiger partial charge in [-0.1, -0.05) is 0 Å². The van der Waals surface area contributed by atoms with Gasteiger partial charge in [-0.2, -0.15) is 0 Å². The first-order valence-corrected chi connectivity index (χ1v) is 2.85. The fourth-order valence-corrected chi connectivity index (χ4v) is 0.737. The molecule has 1 aromatic heterocycles. The van der Waals surface area contributed by atoms with E-state index in [-0.39, 0.29) is 4.73 Å². The second kappa shape index (κ2) is 2.61. The van der Waals surface area contributed by atoms with Gasteiger partial charge in [0.1, 0.15) is 4.92 Å². The lowest BCUT2D eigenvalue weighted by atomic mass is 10.4. The van der Waals surface area contributed by atoms with E-state index in [9.17, 15) is 19.7 Å². The van der Waals surface area contributed by atoms with Gasteiger partial charge in [-0.3, -0.25) is 10.1 Å². The third-order valence-electron chi connectivity index (χ3n) is 1.17. The van der Waals surface area contributed by atoms with Gasteiger partial charge in [0, 0.05) is 6.07 Å². The van der Waals surface area contributed by atoms with Crippen molar-refractivity contribution >= 4 is 11.5 Å². The number of aromatic nitrogens is 1. The number of nitrogen functional groups attached to an aromatic ring is 1. The van der Waals surface area contributed by atoms with E-state index in [2.05, 4.69) is 0 Å². The zero-order valence-electron chi connectivity index (χ0n) is 5.73. The standard InChI is InChI=1S/C5H4FN3O3/c6-3-1-4(7)5(9(11)12)8(10)2-3/h1-2H,7H2. The maximum Gasteiger partial charge on any atom is 0.536 e. The minimum Gasteiger partial charge on any atom is -0.614 e. The smallest absolute Gasteiger partial charge is 0.536 e. The molecule has 0 aliphatic heterocycles. The number of rotatable bonds is 1. The van der Waals surface area contributed by atoms with Crippen molar-refractivity contribution in [2.45, 2.75) is 0 Å². The lowest BCUT2D eigenvalue weighted by Gasteiger charge is -1.98. The Bertz CT molecular complexity index is 318. The summed E-state index contributed by atoms with van der Waals surface area (Å²) in [7, 11) is 0. The zero-order chi connectivity index (χ0) is 9.30. The van der Waals surface area contributed by atoms with Crippen LogP contribution in [-0.4, -0.2) is 4.92 Å². The lowest BCUT2D eigenvalue weighted by molar-refractivity contribution is -0.664. The first-order chi connectivity index (χ1) is 5.52. The Kier molecular flexibility index (Phi) is 1.78. The highest BCUT2D eigenvalue weighted by Gasteiger charge is 2.24. The van der Waals surface area contributed by atoms with Gasteiger partial charge in [0.25, 0.3) is 0 Å². The normalized spacial score (nSPS) is 9.75. The van der Waals surface area contributed by atoms with Gasteiger partial charge in [0.15, 0.2) is 11.5 Å². The Labute approximate surface area is 65.8 Å².